The summed E-state index contributed by atoms with van der Waals surface area (Å²) in [7, 11) is 0. The fourth-order valence-corrected chi connectivity index (χ4v) is 2.15. The first kappa shape index (κ1) is 13.7. The Balaban J connectivity index is 2.02. The Morgan fingerprint density at radius 3 is 2.53 bits per heavy atom. The first-order chi connectivity index (χ1) is 9.00. The predicted octanol–water partition coefficient (Wildman–Crippen LogP) is 2.41. The van der Waals surface area contributed by atoms with Crippen LogP contribution in [0.5, 0.6) is 0 Å². The van der Waals surface area contributed by atoms with E-state index in [2.05, 4.69) is 0 Å². The number of rotatable bonds is 5. The van der Waals surface area contributed by atoms with Gasteiger partial charge in [0.05, 0.1) is 17.2 Å². The quantitative estimate of drug-likeness (QED) is 0.604. The SMILES string of the molecule is Cc1ccc2c(c1)C(=O)N(CCCOC(C)C)C2=O. The Kier molecular flexibility index (Phi) is 4.00. The van der Waals surface area contributed by atoms with Gasteiger partial charge in [-0.2, -0.15) is 0 Å². The van der Waals surface area contributed by atoms with Crippen LogP contribution in [0.15, 0.2) is 18.2 Å². The number of ether oxygens (including phenoxy) is 1. The fraction of sp³-hybridized carbons (Fsp3) is 0.467. The average Bonchev–Trinajstić information content (AvgIpc) is 2.58. The van der Waals surface area contributed by atoms with Crippen LogP contribution in [0.25, 0.3) is 0 Å². The molecule has 19 heavy (non-hydrogen) atoms. The Morgan fingerprint density at radius 1 is 1.16 bits per heavy atom. The molecule has 0 atom stereocenters. The average molecular weight is 261 g/mol. The summed E-state index contributed by atoms with van der Waals surface area (Å²) in [6.45, 7) is 6.81. The molecule has 0 bridgehead atoms. The highest BCUT2D eigenvalue weighted by atomic mass is 16.5. The first-order valence-corrected chi connectivity index (χ1v) is 6.59. The van der Waals surface area contributed by atoms with Gasteiger partial charge in [0.1, 0.15) is 0 Å². The lowest BCUT2D eigenvalue weighted by atomic mass is 10.1. The number of carbonyl (C=O) groups is 2. The van der Waals surface area contributed by atoms with Crippen molar-refractivity contribution in [2.24, 2.45) is 0 Å². The van der Waals surface area contributed by atoms with Gasteiger partial charge in [-0.25, -0.2) is 0 Å². The van der Waals surface area contributed by atoms with E-state index in [4.69, 9.17) is 4.74 Å². The van der Waals surface area contributed by atoms with Gasteiger partial charge < -0.3 is 4.74 Å². The minimum Gasteiger partial charge on any atom is -0.379 e. The van der Waals surface area contributed by atoms with Crippen LogP contribution >= 0.6 is 0 Å². The molecule has 102 valence electrons. The summed E-state index contributed by atoms with van der Waals surface area (Å²) in [6, 6.07) is 5.37. The second-order valence-corrected chi connectivity index (χ2v) is 5.08. The number of amides is 2. The van der Waals surface area contributed by atoms with Crippen molar-refractivity contribution in [3.63, 3.8) is 0 Å². The van der Waals surface area contributed by atoms with E-state index in [1.54, 1.807) is 12.1 Å². The van der Waals surface area contributed by atoms with Crippen molar-refractivity contribution < 1.29 is 14.3 Å². The molecule has 1 heterocycles. The van der Waals surface area contributed by atoms with Crippen LogP contribution in [0, 0.1) is 6.92 Å². The second kappa shape index (κ2) is 5.53. The van der Waals surface area contributed by atoms with Crippen LogP contribution in [0.3, 0.4) is 0 Å². The molecule has 0 spiro atoms. The molecule has 0 N–H and O–H groups in total. The number of imide groups is 1. The molecule has 1 aromatic carbocycles. The Hall–Kier alpha value is -1.68. The van der Waals surface area contributed by atoms with Crippen LogP contribution in [0.1, 0.15) is 46.5 Å². The lowest BCUT2D eigenvalue weighted by Crippen LogP contribution is -2.31. The topological polar surface area (TPSA) is 46.6 Å². The fourth-order valence-electron chi connectivity index (χ4n) is 2.15. The van der Waals surface area contributed by atoms with Crippen LogP contribution in [-0.4, -0.2) is 36.0 Å². The van der Waals surface area contributed by atoms with E-state index in [0.717, 1.165) is 5.56 Å². The number of hydrogen-bond donors (Lipinski definition) is 0. The summed E-state index contributed by atoms with van der Waals surface area (Å²) in [5, 5.41) is 0. The van der Waals surface area contributed by atoms with E-state index in [0.29, 0.717) is 30.7 Å². The maximum absolute atomic E-state index is 12.2. The molecule has 0 unspecified atom stereocenters. The first-order valence-electron chi connectivity index (χ1n) is 6.59. The minimum absolute atomic E-state index is 0.171. The zero-order valence-corrected chi connectivity index (χ0v) is 11.6. The minimum atomic E-state index is -0.190. The zero-order chi connectivity index (χ0) is 14.0. The highest BCUT2D eigenvalue weighted by Crippen LogP contribution is 2.23. The van der Waals surface area contributed by atoms with Crippen LogP contribution in [-0.2, 0) is 4.74 Å². The zero-order valence-electron chi connectivity index (χ0n) is 11.6. The van der Waals surface area contributed by atoms with Crippen molar-refractivity contribution in [2.45, 2.75) is 33.3 Å². The van der Waals surface area contributed by atoms with Crippen molar-refractivity contribution >= 4 is 11.8 Å². The molecule has 0 fully saturated rings. The monoisotopic (exact) mass is 261 g/mol. The molecule has 4 nitrogen and oxygen atoms in total. The third kappa shape index (κ3) is 2.84. The smallest absolute Gasteiger partial charge is 0.261 e. The van der Waals surface area contributed by atoms with Gasteiger partial charge in [-0.05, 0) is 39.3 Å². The van der Waals surface area contributed by atoms with Gasteiger partial charge in [-0.1, -0.05) is 11.6 Å². The maximum atomic E-state index is 12.2. The van der Waals surface area contributed by atoms with Gasteiger partial charge in [0, 0.05) is 13.2 Å². The van der Waals surface area contributed by atoms with Crippen LogP contribution < -0.4 is 0 Å². The van der Waals surface area contributed by atoms with Crippen LogP contribution in [0.4, 0.5) is 0 Å². The van der Waals surface area contributed by atoms with Crippen molar-refractivity contribution in [2.75, 3.05) is 13.2 Å². The molecule has 1 aromatic rings. The molecule has 0 saturated heterocycles. The molecule has 0 radical (unpaired) electrons. The summed E-state index contributed by atoms with van der Waals surface area (Å²) in [6.07, 6.45) is 0.840. The summed E-state index contributed by atoms with van der Waals surface area (Å²) >= 11 is 0. The van der Waals surface area contributed by atoms with Gasteiger partial charge in [-0.3, -0.25) is 14.5 Å². The van der Waals surface area contributed by atoms with Gasteiger partial charge >= 0.3 is 0 Å². The lowest BCUT2D eigenvalue weighted by molar-refractivity contribution is 0.0566. The van der Waals surface area contributed by atoms with E-state index in [-0.39, 0.29) is 17.9 Å². The number of benzene rings is 1. The summed E-state index contributed by atoms with van der Waals surface area (Å²) in [5.41, 5.74) is 2.03. The number of nitrogens with zero attached hydrogens (tertiary/aromatic N) is 1. The molecular weight excluding hydrogens is 242 g/mol. The Morgan fingerprint density at radius 2 is 1.84 bits per heavy atom. The lowest BCUT2D eigenvalue weighted by Gasteiger charge is -2.14. The summed E-state index contributed by atoms with van der Waals surface area (Å²) < 4.78 is 5.42. The summed E-state index contributed by atoms with van der Waals surface area (Å²) in [5.74, 6) is -0.377. The normalized spacial score (nSPS) is 14.4. The molecule has 2 amide bonds. The second-order valence-electron chi connectivity index (χ2n) is 5.08. The number of aryl methyl sites for hydroxylation is 1. The molecule has 1 aliphatic heterocycles. The van der Waals surface area contributed by atoms with Crippen molar-refractivity contribution in [1.29, 1.82) is 0 Å². The molecule has 4 heteroatoms. The van der Waals surface area contributed by atoms with E-state index >= 15 is 0 Å². The van der Waals surface area contributed by atoms with E-state index < -0.39 is 0 Å². The van der Waals surface area contributed by atoms with Crippen molar-refractivity contribution in [3.05, 3.63) is 34.9 Å². The molecule has 1 aliphatic rings. The molecule has 0 saturated carbocycles. The third-order valence-electron chi connectivity index (χ3n) is 3.10. The maximum Gasteiger partial charge on any atom is 0.261 e. The van der Waals surface area contributed by atoms with Crippen molar-refractivity contribution in [1.82, 2.24) is 4.90 Å². The van der Waals surface area contributed by atoms with E-state index in [9.17, 15) is 9.59 Å². The molecule has 0 aromatic heterocycles. The standard InChI is InChI=1S/C15H19NO3/c1-10(2)19-8-4-7-16-14(17)12-6-5-11(3)9-13(12)15(16)18/h5-6,9-10H,4,7-8H2,1-3H3. The molecular formula is C15H19NO3. The predicted molar refractivity (Wildman–Crippen MR) is 72.3 cm³/mol. The Bertz CT molecular complexity index is 508. The van der Waals surface area contributed by atoms with E-state index in [1.165, 1.54) is 4.90 Å². The number of fused-ring (bicyclic) bond motifs is 1. The number of carbonyl (C=O) groups excluding carboxylic acids is 2. The van der Waals surface area contributed by atoms with Gasteiger partial charge in [0.25, 0.3) is 11.8 Å². The largest absolute Gasteiger partial charge is 0.379 e. The van der Waals surface area contributed by atoms with Gasteiger partial charge in [-0.15, -0.1) is 0 Å². The Labute approximate surface area is 113 Å². The third-order valence-corrected chi connectivity index (χ3v) is 3.10. The highest BCUT2D eigenvalue weighted by molar-refractivity contribution is 6.21. The molecule has 2 rings (SSSR count). The highest BCUT2D eigenvalue weighted by Gasteiger charge is 2.34. The van der Waals surface area contributed by atoms with E-state index in [1.807, 2.05) is 26.8 Å². The summed E-state index contributed by atoms with van der Waals surface area (Å²) in [4.78, 5) is 25.6. The number of hydrogen-bond acceptors (Lipinski definition) is 3. The van der Waals surface area contributed by atoms with Crippen LogP contribution in [0.2, 0.25) is 0 Å². The van der Waals surface area contributed by atoms with Crippen molar-refractivity contribution in [3.8, 4) is 0 Å². The molecule has 0 aliphatic carbocycles. The van der Waals surface area contributed by atoms with Gasteiger partial charge in [0.15, 0.2) is 0 Å². The van der Waals surface area contributed by atoms with Gasteiger partial charge in [0.2, 0.25) is 0 Å².